The van der Waals surface area contributed by atoms with Gasteiger partial charge in [-0.2, -0.15) is 0 Å². The number of hydrogen-bond acceptors (Lipinski definition) is 2. The fourth-order valence-corrected chi connectivity index (χ4v) is 1.39. The Morgan fingerprint density at radius 2 is 2.20 bits per heavy atom. The summed E-state index contributed by atoms with van der Waals surface area (Å²) in [5.74, 6) is 0.493. The number of amides is 1. The smallest absolute Gasteiger partial charge is 0.220 e. The number of aromatic nitrogens is 1. The SMILES string of the molecule is CC(C)CC(=O)NC(C)c1cccnc1. The standard InChI is InChI=1S/C12H18N2O/c1-9(2)7-12(15)14-10(3)11-5-4-6-13-8-11/h4-6,8-10H,7H2,1-3H3,(H,14,15). The molecule has 1 rings (SSSR count). The van der Waals surface area contributed by atoms with E-state index < -0.39 is 0 Å². The van der Waals surface area contributed by atoms with Gasteiger partial charge in [-0.25, -0.2) is 0 Å². The van der Waals surface area contributed by atoms with Crippen molar-refractivity contribution < 1.29 is 4.79 Å². The summed E-state index contributed by atoms with van der Waals surface area (Å²) in [4.78, 5) is 15.5. The van der Waals surface area contributed by atoms with Crippen LogP contribution < -0.4 is 5.32 Å². The molecule has 0 aliphatic carbocycles. The molecule has 0 radical (unpaired) electrons. The van der Waals surface area contributed by atoms with Crippen LogP contribution in [0.4, 0.5) is 0 Å². The fraction of sp³-hybridized carbons (Fsp3) is 0.500. The number of hydrogen-bond donors (Lipinski definition) is 1. The predicted molar refractivity (Wildman–Crippen MR) is 60.2 cm³/mol. The van der Waals surface area contributed by atoms with Gasteiger partial charge in [-0.3, -0.25) is 9.78 Å². The molecular formula is C12H18N2O. The molecule has 1 heterocycles. The van der Waals surface area contributed by atoms with Gasteiger partial charge in [-0.05, 0) is 24.5 Å². The molecule has 0 saturated carbocycles. The second-order valence-corrected chi connectivity index (χ2v) is 4.17. The van der Waals surface area contributed by atoms with Crippen LogP contribution in [0.2, 0.25) is 0 Å². The van der Waals surface area contributed by atoms with Gasteiger partial charge in [-0.15, -0.1) is 0 Å². The lowest BCUT2D eigenvalue weighted by molar-refractivity contribution is -0.122. The van der Waals surface area contributed by atoms with Crippen LogP contribution in [0.25, 0.3) is 0 Å². The Bertz CT molecular complexity index is 309. The molecule has 0 aromatic carbocycles. The second-order valence-electron chi connectivity index (χ2n) is 4.17. The molecule has 1 unspecified atom stereocenters. The summed E-state index contributed by atoms with van der Waals surface area (Å²) >= 11 is 0. The summed E-state index contributed by atoms with van der Waals surface area (Å²) < 4.78 is 0. The van der Waals surface area contributed by atoms with E-state index in [9.17, 15) is 4.79 Å². The molecule has 1 N–H and O–H groups in total. The number of nitrogens with zero attached hydrogens (tertiary/aromatic N) is 1. The topological polar surface area (TPSA) is 42.0 Å². The summed E-state index contributed by atoms with van der Waals surface area (Å²) in [5.41, 5.74) is 1.04. The fourth-order valence-electron chi connectivity index (χ4n) is 1.39. The molecule has 1 atom stereocenters. The van der Waals surface area contributed by atoms with E-state index in [1.165, 1.54) is 0 Å². The zero-order valence-corrected chi connectivity index (χ0v) is 9.53. The highest BCUT2D eigenvalue weighted by atomic mass is 16.1. The van der Waals surface area contributed by atoms with Crippen molar-refractivity contribution in [3.05, 3.63) is 30.1 Å². The third kappa shape index (κ3) is 4.11. The maximum absolute atomic E-state index is 11.5. The first-order valence-corrected chi connectivity index (χ1v) is 5.29. The minimum Gasteiger partial charge on any atom is -0.350 e. The van der Waals surface area contributed by atoms with Crippen molar-refractivity contribution in [3.8, 4) is 0 Å². The minimum absolute atomic E-state index is 0.0324. The van der Waals surface area contributed by atoms with Gasteiger partial charge in [0.25, 0.3) is 0 Å². The Morgan fingerprint density at radius 3 is 2.73 bits per heavy atom. The van der Waals surface area contributed by atoms with E-state index in [0.29, 0.717) is 12.3 Å². The Balaban J connectivity index is 2.49. The lowest BCUT2D eigenvalue weighted by atomic mass is 10.1. The number of pyridine rings is 1. The Kier molecular flexibility index (Phi) is 4.28. The third-order valence-corrected chi connectivity index (χ3v) is 2.16. The molecule has 3 nitrogen and oxygen atoms in total. The molecule has 1 aromatic rings. The van der Waals surface area contributed by atoms with E-state index in [0.717, 1.165) is 5.56 Å². The third-order valence-electron chi connectivity index (χ3n) is 2.16. The summed E-state index contributed by atoms with van der Waals surface area (Å²) in [7, 11) is 0. The molecule has 15 heavy (non-hydrogen) atoms. The van der Waals surface area contributed by atoms with Crippen LogP contribution in [0.15, 0.2) is 24.5 Å². The highest BCUT2D eigenvalue weighted by molar-refractivity contribution is 5.76. The van der Waals surface area contributed by atoms with E-state index in [1.54, 1.807) is 12.4 Å². The van der Waals surface area contributed by atoms with Crippen LogP contribution in [0.3, 0.4) is 0 Å². The predicted octanol–water partition coefficient (Wildman–Crippen LogP) is 2.30. The number of rotatable bonds is 4. The van der Waals surface area contributed by atoms with E-state index >= 15 is 0 Å². The molecule has 0 spiro atoms. The maximum Gasteiger partial charge on any atom is 0.220 e. The highest BCUT2D eigenvalue weighted by Gasteiger charge is 2.10. The van der Waals surface area contributed by atoms with Crippen molar-refractivity contribution in [2.24, 2.45) is 5.92 Å². The van der Waals surface area contributed by atoms with Crippen molar-refractivity contribution in [2.75, 3.05) is 0 Å². The van der Waals surface area contributed by atoms with Gasteiger partial charge < -0.3 is 5.32 Å². The zero-order valence-electron chi connectivity index (χ0n) is 9.53. The lowest BCUT2D eigenvalue weighted by Crippen LogP contribution is -2.27. The Hall–Kier alpha value is -1.38. The first kappa shape index (κ1) is 11.7. The molecular weight excluding hydrogens is 188 g/mol. The van der Waals surface area contributed by atoms with Gasteiger partial charge >= 0.3 is 0 Å². The largest absolute Gasteiger partial charge is 0.350 e. The van der Waals surface area contributed by atoms with Gasteiger partial charge in [0.05, 0.1) is 6.04 Å². The molecule has 1 amide bonds. The first-order chi connectivity index (χ1) is 7.09. The molecule has 0 aliphatic heterocycles. The summed E-state index contributed by atoms with van der Waals surface area (Å²) in [6, 6.07) is 3.87. The normalized spacial score (nSPS) is 12.5. The van der Waals surface area contributed by atoms with Crippen molar-refractivity contribution >= 4 is 5.91 Å². The highest BCUT2D eigenvalue weighted by Crippen LogP contribution is 2.10. The van der Waals surface area contributed by atoms with Gasteiger partial charge in [0.2, 0.25) is 5.91 Å². The van der Waals surface area contributed by atoms with Crippen LogP contribution in [-0.4, -0.2) is 10.9 Å². The van der Waals surface area contributed by atoms with Crippen LogP contribution in [0.5, 0.6) is 0 Å². The molecule has 82 valence electrons. The van der Waals surface area contributed by atoms with Gasteiger partial charge in [0.1, 0.15) is 0 Å². The summed E-state index contributed by atoms with van der Waals surface area (Å²) in [5, 5.41) is 2.95. The van der Waals surface area contributed by atoms with E-state index in [4.69, 9.17) is 0 Å². The molecule has 0 aliphatic rings. The lowest BCUT2D eigenvalue weighted by Gasteiger charge is -2.14. The zero-order chi connectivity index (χ0) is 11.3. The average molecular weight is 206 g/mol. The van der Waals surface area contributed by atoms with Gasteiger partial charge in [0.15, 0.2) is 0 Å². The first-order valence-electron chi connectivity index (χ1n) is 5.29. The van der Waals surface area contributed by atoms with Crippen LogP contribution in [0.1, 0.15) is 38.8 Å². The van der Waals surface area contributed by atoms with Crippen LogP contribution >= 0.6 is 0 Å². The average Bonchev–Trinajstić information content (AvgIpc) is 2.17. The Morgan fingerprint density at radius 1 is 1.47 bits per heavy atom. The summed E-state index contributed by atoms with van der Waals surface area (Å²) in [6.07, 6.45) is 4.08. The number of nitrogens with one attached hydrogen (secondary N) is 1. The minimum atomic E-state index is 0.0324. The van der Waals surface area contributed by atoms with E-state index in [2.05, 4.69) is 10.3 Å². The van der Waals surface area contributed by atoms with E-state index in [1.807, 2.05) is 32.9 Å². The Labute approximate surface area is 90.9 Å². The second kappa shape index (κ2) is 5.49. The van der Waals surface area contributed by atoms with Crippen molar-refractivity contribution in [3.63, 3.8) is 0 Å². The van der Waals surface area contributed by atoms with Gasteiger partial charge in [-0.1, -0.05) is 19.9 Å². The molecule has 0 bridgehead atoms. The van der Waals surface area contributed by atoms with E-state index in [-0.39, 0.29) is 11.9 Å². The molecule has 1 aromatic heterocycles. The molecule has 3 heteroatoms. The van der Waals surface area contributed by atoms with Crippen molar-refractivity contribution in [1.82, 2.24) is 10.3 Å². The number of carbonyl (C=O) groups excluding carboxylic acids is 1. The van der Waals surface area contributed by atoms with Crippen molar-refractivity contribution in [1.29, 1.82) is 0 Å². The number of carbonyl (C=O) groups is 1. The van der Waals surface area contributed by atoms with Crippen molar-refractivity contribution in [2.45, 2.75) is 33.2 Å². The summed E-state index contributed by atoms with van der Waals surface area (Å²) in [6.45, 7) is 6.04. The monoisotopic (exact) mass is 206 g/mol. The van der Waals surface area contributed by atoms with Crippen LogP contribution in [-0.2, 0) is 4.79 Å². The molecule has 0 saturated heterocycles. The quantitative estimate of drug-likeness (QED) is 0.821. The van der Waals surface area contributed by atoms with Crippen LogP contribution in [0, 0.1) is 5.92 Å². The molecule has 0 fully saturated rings. The van der Waals surface area contributed by atoms with Gasteiger partial charge in [0, 0.05) is 18.8 Å². The maximum atomic E-state index is 11.5.